The molecule has 2 aromatic carbocycles. The third-order valence-electron chi connectivity index (χ3n) is 8.23. The summed E-state index contributed by atoms with van der Waals surface area (Å²) in [5, 5.41) is 4.90. The first-order valence-corrected chi connectivity index (χ1v) is 17.5. The van der Waals surface area contributed by atoms with E-state index in [0.717, 1.165) is 11.1 Å². The third-order valence-corrected chi connectivity index (χ3v) is 9.85. The van der Waals surface area contributed by atoms with Crippen molar-refractivity contribution < 1.29 is 32.0 Å². The lowest BCUT2D eigenvalue weighted by molar-refractivity contribution is -0.133. The van der Waals surface area contributed by atoms with E-state index < -0.39 is 58.5 Å². The Morgan fingerprint density at radius 1 is 0.894 bits per heavy atom. The Balaban J connectivity index is 1.56. The summed E-state index contributed by atoms with van der Waals surface area (Å²) in [4.78, 5) is 50.8. The summed E-state index contributed by atoms with van der Waals surface area (Å²) in [6.45, 7) is 10.8. The number of amides is 4. The fourth-order valence-corrected chi connectivity index (χ4v) is 7.45. The minimum Gasteiger partial charge on any atom is -0.368 e. The van der Waals surface area contributed by atoms with Crippen molar-refractivity contribution in [2.24, 2.45) is 5.73 Å². The Kier molecular flexibility index (Phi) is 13.1. The maximum absolute atomic E-state index is 15.2. The molecular weight excluding hydrogens is 625 g/mol. The molecule has 3 rings (SSSR count). The van der Waals surface area contributed by atoms with Crippen molar-refractivity contribution in [3.05, 3.63) is 64.7 Å². The molecule has 0 bridgehead atoms. The molecule has 4 amide bonds. The van der Waals surface area contributed by atoms with Crippen LogP contribution in [0, 0.1) is 0 Å². The monoisotopic (exact) mass is 673 g/mol. The molecule has 1 aliphatic heterocycles. The summed E-state index contributed by atoms with van der Waals surface area (Å²) in [5.74, 6) is -2.46. The summed E-state index contributed by atoms with van der Waals surface area (Å²) in [6.07, 6.45) is -1.98. The lowest BCUT2D eigenvalue weighted by Gasteiger charge is -2.24. The quantitative estimate of drug-likeness (QED) is 0.227. The highest BCUT2D eigenvalue weighted by atomic mass is 32.2. The van der Waals surface area contributed by atoms with Gasteiger partial charge in [0.15, 0.2) is 0 Å². The van der Waals surface area contributed by atoms with Crippen LogP contribution in [0.2, 0.25) is 0 Å². The van der Waals surface area contributed by atoms with Crippen LogP contribution in [-0.4, -0.2) is 74.8 Å². The number of halogens is 1. The first kappa shape index (κ1) is 37.6. The van der Waals surface area contributed by atoms with E-state index in [0.29, 0.717) is 11.1 Å². The highest BCUT2D eigenvalue weighted by molar-refractivity contribution is 7.89. The highest BCUT2D eigenvalue weighted by Gasteiger charge is 2.39. The molecule has 0 aromatic heterocycles. The van der Waals surface area contributed by atoms with Crippen LogP contribution in [0.15, 0.2) is 47.4 Å². The second-order valence-corrected chi connectivity index (χ2v) is 14.7. The molecule has 1 fully saturated rings. The van der Waals surface area contributed by atoms with E-state index in [4.69, 9.17) is 5.73 Å². The molecule has 1 aliphatic rings. The van der Waals surface area contributed by atoms with Crippen LogP contribution < -0.4 is 21.1 Å². The van der Waals surface area contributed by atoms with E-state index in [1.165, 1.54) is 4.90 Å². The molecule has 3 unspecified atom stereocenters. The van der Waals surface area contributed by atoms with Crippen molar-refractivity contribution >= 4 is 33.7 Å². The minimum atomic E-state index is -4.15. The Labute approximate surface area is 277 Å². The van der Waals surface area contributed by atoms with Gasteiger partial charge in [-0.1, -0.05) is 84.0 Å². The van der Waals surface area contributed by atoms with E-state index in [9.17, 15) is 27.6 Å². The van der Waals surface area contributed by atoms with Gasteiger partial charge in [0.1, 0.15) is 12.2 Å². The van der Waals surface area contributed by atoms with Gasteiger partial charge in [-0.05, 0) is 40.0 Å². The number of benzene rings is 2. The van der Waals surface area contributed by atoms with E-state index in [2.05, 4.69) is 15.4 Å². The molecule has 3 atom stereocenters. The van der Waals surface area contributed by atoms with Crippen LogP contribution >= 0.6 is 0 Å². The summed E-state index contributed by atoms with van der Waals surface area (Å²) < 4.78 is 45.3. The Morgan fingerprint density at radius 2 is 1.49 bits per heavy atom. The van der Waals surface area contributed by atoms with Crippen molar-refractivity contribution in [2.75, 3.05) is 19.6 Å². The van der Waals surface area contributed by atoms with Crippen molar-refractivity contribution in [3.63, 3.8) is 0 Å². The maximum atomic E-state index is 15.2. The fourth-order valence-electron chi connectivity index (χ4n) is 5.50. The standard InChI is InChI=1S/C34H48FN5O6S/c1-20(2)24-15-25(21(3)4)33(26(16-24)22(5)6)47(45,46)39-29-19-40(18-27(29)35)32(43)13-12-30(41)37-17-31(42)38-28(34(36)44)14-23-10-8-7-9-11-23/h7-11,15-16,20-22,27-29,39H,12-14,17-19H2,1-6H3,(H2,36,44)(H,37,41)(H,38,42). The minimum absolute atomic E-state index is 0.100. The number of sulfonamides is 1. The van der Waals surface area contributed by atoms with Crippen molar-refractivity contribution in [1.29, 1.82) is 0 Å². The molecule has 13 heteroatoms. The Bertz CT molecular complexity index is 1520. The predicted octanol–water partition coefficient (Wildman–Crippen LogP) is 2.99. The number of primary amides is 1. The first-order chi connectivity index (χ1) is 22.0. The van der Waals surface area contributed by atoms with Gasteiger partial charge in [-0.3, -0.25) is 19.2 Å². The Morgan fingerprint density at radius 3 is 2.02 bits per heavy atom. The number of nitrogens with two attached hydrogens (primary N) is 1. The molecule has 0 radical (unpaired) electrons. The average molecular weight is 674 g/mol. The third kappa shape index (κ3) is 10.3. The molecule has 47 heavy (non-hydrogen) atoms. The summed E-state index contributed by atoms with van der Waals surface area (Å²) in [7, 11) is -4.15. The Hall–Kier alpha value is -3.84. The van der Waals surface area contributed by atoms with Gasteiger partial charge < -0.3 is 21.3 Å². The highest BCUT2D eigenvalue weighted by Crippen LogP contribution is 2.35. The summed E-state index contributed by atoms with van der Waals surface area (Å²) >= 11 is 0. The van der Waals surface area contributed by atoms with Gasteiger partial charge in [0, 0.05) is 25.8 Å². The van der Waals surface area contributed by atoms with E-state index in [1.807, 2.05) is 59.7 Å². The molecule has 0 spiro atoms. The van der Waals surface area contributed by atoms with Crippen LogP contribution in [0.3, 0.4) is 0 Å². The maximum Gasteiger partial charge on any atom is 0.241 e. The number of nitrogens with zero attached hydrogens (tertiary/aromatic N) is 1. The van der Waals surface area contributed by atoms with Crippen LogP contribution in [0.4, 0.5) is 4.39 Å². The number of rotatable bonds is 15. The molecular formula is C34H48FN5O6S. The molecule has 1 heterocycles. The number of likely N-dealkylation sites (tertiary alicyclic amines) is 1. The van der Waals surface area contributed by atoms with Gasteiger partial charge in [-0.15, -0.1) is 0 Å². The zero-order valence-electron chi connectivity index (χ0n) is 28.0. The fraction of sp³-hybridized carbons (Fsp3) is 0.529. The summed E-state index contributed by atoms with van der Waals surface area (Å²) in [6, 6.07) is 10.7. The lowest BCUT2D eigenvalue weighted by Crippen LogP contribution is -2.49. The molecule has 2 aromatic rings. The zero-order valence-corrected chi connectivity index (χ0v) is 28.8. The number of carbonyl (C=O) groups is 4. The smallest absolute Gasteiger partial charge is 0.241 e. The molecule has 5 N–H and O–H groups in total. The SMILES string of the molecule is CC(C)c1cc(C(C)C)c(S(=O)(=O)NC2CN(C(=O)CCC(=O)NCC(=O)NC(Cc3ccccc3)C(N)=O)CC2F)c(C(C)C)c1. The molecule has 11 nitrogen and oxygen atoms in total. The van der Waals surface area contributed by atoms with Gasteiger partial charge in [0.05, 0.1) is 24.0 Å². The summed E-state index contributed by atoms with van der Waals surface area (Å²) in [5.41, 5.74) is 8.57. The number of hydrogen-bond acceptors (Lipinski definition) is 6. The van der Waals surface area contributed by atoms with Gasteiger partial charge in [0.25, 0.3) is 0 Å². The van der Waals surface area contributed by atoms with Crippen LogP contribution in [0.1, 0.15) is 94.4 Å². The number of carbonyl (C=O) groups excluding carboxylic acids is 4. The van der Waals surface area contributed by atoms with Crippen LogP contribution in [-0.2, 0) is 35.6 Å². The van der Waals surface area contributed by atoms with Gasteiger partial charge in [0.2, 0.25) is 33.7 Å². The van der Waals surface area contributed by atoms with Crippen molar-refractivity contribution in [3.8, 4) is 0 Å². The predicted molar refractivity (Wildman–Crippen MR) is 178 cm³/mol. The van der Waals surface area contributed by atoms with Crippen LogP contribution in [0.25, 0.3) is 0 Å². The number of alkyl halides is 1. The molecule has 258 valence electrons. The van der Waals surface area contributed by atoms with E-state index in [1.54, 1.807) is 24.3 Å². The van der Waals surface area contributed by atoms with Gasteiger partial charge in [-0.25, -0.2) is 17.5 Å². The lowest BCUT2D eigenvalue weighted by atomic mass is 9.89. The first-order valence-electron chi connectivity index (χ1n) is 16.0. The molecule has 1 saturated heterocycles. The van der Waals surface area contributed by atoms with Gasteiger partial charge in [-0.2, -0.15) is 0 Å². The van der Waals surface area contributed by atoms with E-state index >= 15 is 4.39 Å². The second-order valence-electron chi connectivity index (χ2n) is 13.0. The van der Waals surface area contributed by atoms with E-state index in [-0.39, 0.29) is 55.0 Å². The van der Waals surface area contributed by atoms with Crippen molar-refractivity contribution in [1.82, 2.24) is 20.3 Å². The van der Waals surface area contributed by atoms with Crippen LogP contribution in [0.5, 0.6) is 0 Å². The normalized spacial score (nSPS) is 17.3. The zero-order chi connectivity index (χ0) is 35.1. The van der Waals surface area contributed by atoms with Gasteiger partial charge >= 0.3 is 0 Å². The van der Waals surface area contributed by atoms with Crippen molar-refractivity contribution in [2.45, 2.75) is 102 Å². The largest absolute Gasteiger partial charge is 0.368 e. The second kappa shape index (κ2) is 16.3. The topological polar surface area (TPSA) is 168 Å². The molecule has 0 aliphatic carbocycles. The average Bonchev–Trinajstić information content (AvgIpc) is 3.37. The number of hydrogen-bond donors (Lipinski definition) is 4. The molecule has 0 saturated carbocycles. The number of nitrogens with one attached hydrogen (secondary N) is 3.